The molecule has 3 aromatic carbocycles. The topological polar surface area (TPSA) is 0 Å². The third-order valence-electron chi connectivity index (χ3n) is 4.09. The van der Waals surface area contributed by atoms with Crippen molar-refractivity contribution in [1.29, 1.82) is 0 Å². The number of thiol groups is 1. The summed E-state index contributed by atoms with van der Waals surface area (Å²) in [6, 6.07) is 28.3. The molecular weight excluding hydrogens is 469 g/mol. The summed E-state index contributed by atoms with van der Waals surface area (Å²) in [5.41, 5.74) is 0. The average molecular weight is 505 g/mol. The molecule has 0 aliphatic heterocycles. The number of allylic oxidation sites excluding steroid dienone is 5. The zero-order valence-electron chi connectivity index (χ0n) is 20.5. The van der Waals surface area contributed by atoms with Crippen molar-refractivity contribution in [2.75, 3.05) is 6.26 Å². The van der Waals surface area contributed by atoms with Crippen LogP contribution in [0.4, 0.5) is 0 Å². The fourth-order valence-electron chi connectivity index (χ4n) is 2.74. The van der Waals surface area contributed by atoms with Gasteiger partial charge in [0, 0.05) is 21.6 Å². The van der Waals surface area contributed by atoms with Crippen LogP contribution < -0.4 is 0 Å². The minimum atomic E-state index is -0.186. The molecule has 3 rings (SSSR count). The lowest BCUT2D eigenvalue weighted by Gasteiger charge is -2.09. The third-order valence-corrected chi connectivity index (χ3v) is 8.18. The van der Waals surface area contributed by atoms with Gasteiger partial charge < -0.3 is 0 Å². The van der Waals surface area contributed by atoms with Gasteiger partial charge in [0.15, 0.2) is 19.6 Å². The van der Waals surface area contributed by atoms with Crippen molar-refractivity contribution in [3.05, 3.63) is 140 Å². The lowest BCUT2D eigenvalue weighted by molar-refractivity contribution is 1.30. The number of benzene rings is 3. The summed E-state index contributed by atoms with van der Waals surface area (Å²) >= 11 is 3.10. The molecule has 0 amide bonds. The minimum absolute atomic E-state index is 0.186. The quantitative estimate of drug-likeness (QED) is 0.127. The van der Waals surface area contributed by atoms with Crippen molar-refractivity contribution in [1.82, 2.24) is 0 Å². The van der Waals surface area contributed by atoms with Crippen LogP contribution in [0.25, 0.3) is 0 Å². The van der Waals surface area contributed by atoms with Crippen LogP contribution in [0.15, 0.2) is 165 Å². The zero-order chi connectivity index (χ0) is 25.2. The van der Waals surface area contributed by atoms with Crippen molar-refractivity contribution in [2.24, 2.45) is 0 Å². The normalized spacial score (nSPS) is 11.0. The van der Waals surface area contributed by atoms with Crippen LogP contribution in [0.5, 0.6) is 0 Å². The van der Waals surface area contributed by atoms with E-state index in [0.717, 1.165) is 0 Å². The fourth-order valence-corrected chi connectivity index (χ4v) is 6.06. The van der Waals surface area contributed by atoms with Crippen LogP contribution in [0.1, 0.15) is 13.8 Å². The Morgan fingerprint density at radius 2 is 1.21 bits per heavy atom. The molecule has 3 aromatic rings. The maximum absolute atomic E-state index is 4.03. The summed E-state index contributed by atoms with van der Waals surface area (Å²) in [6.07, 6.45) is 11.5. The van der Waals surface area contributed by atoms with Crippen LogP contribution in [-0.2, 0) is 22.7 Å². The highest BCUT2D eigenvalue weighted by Gasteiger charge is 2.28. The van der Waals surface area contributed by atoms with Gasteiger partial charge in [-0.3, -0.25) is 0 Å². The van der Waals surface area contributed by atoms with Crippen LogP contribution in [0.3, 0.4) is 0 Å². The monoisotopic (exact) mass is 504 g/mol. The molecule has 1 unspecified atom stereocenters. The molecule has 3 heteroatoms. The van der Waals surface area contributed by atoms with E-state index >= 15 is 0 Å². The summed E-state index contributed by atoms with van der Waals surface area (Å²) in [5, 5.41) is 0. The molecule has 0 aromatic heterocycles. The SMILES string of the molecule is C=C/C=C(\C=C)[S+](c1ccccc1)c1ccc(Sc2ccc([SH+]C)cc2)cc1.C=CC.C=CC. The Hall–Kier alpha value is -2.59. The Balaban J connectivity index is 0.000000872. The van der Waals surface area contributed by atoms with Crippen molar-refractivity contribution in [3.63, 3.8) is 0 Å². The number of hydrogen-bond donors (Lipinski definition) is 0. The van der Waals surface area contributed by atoms with Gasteiger partial charge in [-0.15, -0.1) is 13.2 Å². The van der Waals surface area contributed by atoms with E-state index in [1.807, 2.05) is 26.0 Å². The molecule has 176 valence electrons. The molecule has 0 nitrogen and oxygen atoms in total. The van der Waals surface area contributed by atoms with Gasteiger partial charge in [-0.1, -0.05) is 61.3 Å². The second-order valence-corrected chi connectivity index (χ2v) is 10.9. The zero-order valence-corrected chi connectivity index (χ0v) is 23.0. The highest BCUT2D eigenvalue weighted by molar-refractivity contribution is 8.01. The maximum Gasteiger partial charge on any atom is 0.166 e. The lowest BCUT2D eigenvalue weighted by atomic mass is 10.4. The van der Waals surface area contributed by atoms with Gasteiger partial charge in [-0.2, -0.15) is 0 Å². The molecule has 0 saturated heterocycles. The van der Waals surface area contributed by atoms with Gasteiger partial charge in [0.25, 0.3) is 0 Å². The van der Waals surface area contributed by atoms with E-state index in [1.54, 1.807) is 23.9 Å². The van der Waals surface area contributed by atoms with Crippen molar-refractivity contribution >= 4 is 34.4 Å². The molecule has 0 bridgehead atoms. The molecule has 0 aliphatic carbocycles. The summed E-state index contributed by atoms with van der Waals surface area (Å²) in [4.78, 5) is 7.60. The van der Waals surface area contributed by atoms with E-state index in [9.17, 15) is 0 Å². The van der Waals surface area contributed by atoms with Crippen LogP contribution >= 0.6 is 11.8 Å². The first-order valence-electron chi connectivity index (χ1n) is 10.9. The molecule has 0 N–H and O–H groups in total. The van der Waals surface area contributed by atoms with E-state index in [4.69, 9.17) is 0 Å². The summed E-state index contributed by atoms with van der Waals surface area (Å²) in [6.45, 7) is 18.4. The fraction of sp³-hybridized carbons (Fsp3) is 0.0968. The predicted molar refractivity (Wildman–Crippen MR) is 161 cm³/mol. The lowest BCUT2D eigenvalue weighted by Crippen LogP contribution is -2.05. The van der Waals surface area contributed by atoms with Crippen molar-refractivity contribution < 1.29 is 0 Å². The molecule has 1 atom stereocenters. The first kappa shape index (κ1) is 29.4. The molecule has 0 radical (unpaired) electrons. The molecule has 0 aliphatic rings. The van der Waals surface area contributed by atoms with Crippen LogP contribution in [0, 0.1) is 0 Å². The minimum Gasteiger partial charge on any atom is -0.103 e. The number of rotatable bonds is 8. The summed E-state index contributed by atoms with van der Waals surface area (Å²) < 4.78 is 0. The van der Waals surface area contributed by atoms with E-state index in [0.29, 0.717) is 0 Å². The molecule has 0 spiro atoms. The van der Waals surface area contributed by atoms with Crippen molar-refractivity contribution in [2.45, 2.75) is 38.3 Å². The largest absolute Gasteiger partial charge is 0.166 e. The predicted octanol–water partition coefficient (Wildman–Crippen LogP) is 9.32. The molecule has 0 fully saturated rings. The first-order chi connectivity index (χ1) is 16.6. The van der Waals surface area contributed by atoms with Crippen LogP contribution in [-0.4, -0.2) is 6.26 Å². The molecule has 0 heterocycles. The highest BCUT2D eigenvalue weighted by Crippen LogP contribution is 2.34. The average Bonchev–Trinajstić information content (AvgIpc) is 2.87. The second-order valence-electron chi connectivity index (χ2n) is 6.74. The van der Waals surface area contributed by atoms with Gasteiger partial charge >= 0.3 is 0 Å². The summed E-state index contributed by atoms with van der Waals surface area (Å²) in [5.74, 6) is 0. The van der Waals surface area contributed by atoms with Gasteiger partial charge in [-0.05, 0) is 86.7 Å². The van der Waals surface area contributed by atoms with Crippen LogP contribution in [0.2, 0.25) is 0 Å². The Labute approximate surface area is 218 Å². The Morgan fingerprint density at radius 1 is 0.735 bits per heavy atom. The number of hydrogen-bond acceptors (Lipinski definition) is 1. The smallest absolute Gasteiger partial charge is 0.103 e. The second kappa shape index (κ2) is 17.8. The molecule has 0 saturated carbocycles. The Bertz CT molecular complexity index is 1020. The van der Waals surface area contributed by atoms with Gasteiger partial charge in [0.1, 0.15) is 6.26 Å². The highest BCUT2D eigenvalue weighted by atomic mass is 32.2. The third kappa shape index (κ3) is 10.1. The summed E-state index contributed by atoms with van der Waals surface area (Å²) in [7, 11) is -0.186. The van der Waals surface area contributed by atoms with Gasteiger partial charge in [0.2, 0.25) is 0 Å². The first-order valence-corrected chi connectivity index (χ1v) is 14.3. The maximum atomic E-state index is 4.03. The van der Waals surface area contributed by atoms with E-state index in [1.165, 1.54) is 41.1 Å². The van der Waals surface area contributed by atoms with Gasteiger partial charge in [0.05, 0.1) is 10.9 Å². The molecule has 34 heavy (non-hydrogen) atoms. The van der Waals surface area contributed by atoms with Gasteiger partial charge in [-0.25, -0.2) is 0 Å². The van der Waals surface area contributed by atoms with Crippen molar-refractivity contribution in [3.8, 4) is 0 Å². The standard InChI is InChI=1S/C25H23S3.2C3H6/c1-4-9-23(5-2)28(24-10-7-6-8-11-24)25-18-16-22(17-19-25)27-21-14-12-20(26-3)13-15-21;2*1-3-2/h4-19H,1-2H2,3H3;2*3H,1H2,2H3/q+1;;/p+1/b23-9+;;. The van der Waals surface area contributed by atoms with E-state index in [-0.39, 0.29) is 10.9 Å². The Kier molecular flexibility index (Phi) is 15.4. The molecular formula is C31H36S3+2. The van der Waals surface area contributed by atoms with E-state index < -0.39 is 0 Å². The van der Waals surface area contributed by atoms with E-state index in [2.05, 4.69) is 118 Å². The Morgan fingerprint density at radius 3 is 1.65 bits per heavy atom.